The van der Waals surface area contributed by atoms with Crippen LogP contribution in [0.25, 0.3) is 0 Å². The van der Waals surface area contributed by atoms with Crippen molar-refractivity contribution in [1.82, 2.24) is 4.90 Å². The fraction of sp³-hybridized carbons (Fsp3) is 0.263. The molecule has 0 atom stereocenters. The molecule has 3 rings (SSSR count). The highest BCUT2D eigenvalue weighted by Gasteiger charge is 2.31. The number of benzene rings is 2. The standard InChI is InChI=1S/C19H17F3N2O3/c1-27-18(26)24-8-7-12-5-6-16(10-14(12)11-24)23-17(25)13-3-2-4-15(9-13)19(20,21)22/h2-6,9-10H,7-8,11H2,1H3,(H,23,25). The van der Waals surface area contributed by atoms with E-state index in [4.69, 9.17) is 4.74 Å². The highest BCUT2D eigenvalue weighted by atomic mass is 19.4. The van der Waals surface area contributed by atoms with Gasteiger partial charge in [-0.3, -0.25) is 4.79 Å². The number of hydrogen-bond acceptors (Lipinski definition) is 3. The van der Waals surface area contributed by atoms with Crippen LogP contribution in [-0.4, -0.2) is 30.6 Å². The number of rotatable bonds is 2. The summed E-state index contributed by atoms with van der Waals surface area (Å²) in [4.78, 5) is 25.5. The van der Waals surface area contributed by atoms with Gasteiger partial charge in [-0.1, -0.05) is 12.1 Å². The van der Waals surface area contributed by atoms with Crippen molar-refractivity contribution >= 4 is 17.7 Å². The Morgan fingerprint density at radius 1 is 1.11 bits per heavy atom. The average molecular weight is 378 g/mol. The third-order valence-corrected chi connectivity index (χ3v) is 4.36. The zero-order chi connectivity index (χ0) is 19.6. The van der Waals surface area contributed by atoms with E-state index in [1.807, 2.05) is 6.07 Å². The lowest BCUT2D eigenvalue weighted by Crippen LogP contribution is -2.35. The average Bonchev–Trinajstić information content (AvgIpc) is 2.66. The first-order valence-corrected chi connectivity index (χ1v) is 8.21. The smallest absolute Gasteiger partial charge is 0.416 e. The monoisotopic (exact) mass is 378 g/mol. The molecule has 2 amide bonds. The molecule has 0 spiro atoms. The molecule has 2 aromatic rings. The Balaban J connectivity index is 1.77. The van der Waals surface area contributed by atoms with Crippen LogP contribution in [0.1, 0.15) is 27.0 Å². The molecule has 5 nitrogen and oxygen atoms in total. The van der Waals surface area contributed by atoms with Gasteiger partial charge in [-0.2, -0.15) is 13.2 Å². The van der Waals surface area contributed by atoms with Gasteiger partial charge >= 0.3 is 12.3 Å². The maximum atomic E-state index is 12.8. The largest absolute Gasteiger partial charge is 0.453 e. The Morgan fingerprint density at radius 2 is 1.89 bits per heavy atom. The zero-order valence-corrected chi connectivity index (χ0v) is 14.5. The van der Waals surface area contributed by atoms with Crippen LogP contribution in [0.15, 0.2) is 42.5 Å². The molecule has 0 radical (unpaired) electrons. The molecule has 0 fully saturated rings. The van der Waals surface area contributed by atoms with E-state index in [9.17, 15) is 22.8 Å². The lowest BCUT2D eigenvalue weighted by atomic mass is 9.99. The number of fused-ring (bicyclic) bond motifs is 1. The summed E-state index contributed by atoms with van der Waals surface area (Å²) in [7, 11) is 1.31. The predicted molar refractivity (Wildman–Crippen MR) is 92.4 cm³/mol. The molecule has 0 bridgehead atoms. The van der Waals surface area contributed by atoms with Crippen LogP contribution >= 0.6 is 0 Å². The molecule has 0 aliphatic carbocycles. The molecule has 1 heterocycles. The number of nitrogens with zero attached hydrogens (tertiary/aromatic N) is 1. The number of nitrogens with one attached hydrogen (secondary N) is 1. The molecule has 2 aromatic carbocycles. The Bertz CT molecular complexity index is 881. The molecule has 0 saturated carbocycles. The minimum absolute atomic E-state index is 0.0845. The van der Waals surface area contributed by atoms with E-state index in [1.165, 1.54) is 19.2 Å². The maximum Gasteiger partial charge on any atom is 0.416 e. The van der Waals surface area contributed by atoms with Crippen LogP contribution < -0.4 is 5.32 Å². The number of amides is 2. The van der Waals surface area contributed by atoms with Crippen molar-refractivity contribution < 1.29 is 27.5 Å². The lowest BCUT2D eigenvalue weighted by molar-refractivity contribution is -0.137. The summed E-state index contributed by atoms with van der Waals surface area (Å²) in [5.41, 5.74) is 1.39. The molecule has 0 unspecified atom stereocenters. The maximum absolute atomic E-state index is 12.8. The number of carbonyl (C=O) groups excluding carboxylic acids is 2. The minimum atomic E-state index is -4.51. The second-order valence-corrected chi connectivity index (χ2v) is 6.16. The van der Waals surface area contributed by atoms with E-state index < -0.39 is 23.7 Å². The topological polar surface area (TPSA) is 58.6 Å². The molecule has 1 aliphatic heterocycles. The van der Waals surface area contributed by atoms with Crippen molar-refractivity contribution in [3.8, 4) is 0 Å². The highest BCUT2D eigenvalue weighted by molar-refractivity contribution is 6.04. The summed E-state index contributed by atoms with van der Waals surface area (Å²) in [6, 6.07) is 9.49. The Labute approximate surface area is 153 Å². The van der Waals surface area contributed by atoms with Crippen LogP contribution in [0.5, 0.6) is 0 Å². The minimum Gasteiger partial charge on any atom is -0.453 e. The van der Waals surface area contributed by atoms with Crippen molar-refractivity contribution in [3.05, 3.63) is 64.7 Å². The van der Waals surface area contributed by atoms with Gasteiger partial charge in [0, 0.05) is 24.3 Å². The number of ether oxygens (including phenoxy) is 1. The number of carbonyl (C=O) groups is 2. The summed E-state index contributed by atoms with van der Waals surface area (Å²) in [6.07, 6.45) is -4.29. The Morgan fingerprint density at radius 3 is 2.59 bits per heavy atom. The van der Waals surface area contributed by atoms with Crippen LogP contribution in [0.4, 0.5) is 23.7 Å². The number of methoxy groups -OCH3 is 1. The van der Waals surface area contributed by atoms with Crippen LogP contribution in [0.3, 0.4) is 0 Å². The Hall–Kier alpha value is -3.03. The molecule has 0 saturated heterocycles. The molecular formula is C19H17F3N2O3. The van der Waals surface area contributed by atoms with Crippen LogP contribution in [-0.2, 0) is 23.9 Å². The SMILES string of the molecule is COC(=O)N1CCc2ccc(NC(=O)c3cccc(C(F)(F)F)c3)cc2C1. The van der Waals surface area contributed by atoms with Crippen molar-refractivity contribution in [3.63, 3.8) is 0 Å². The highest BCUT2D eigenvalue weighted by Crippen LogP contribution is 2.30. The number of alkyl halides is 3. The first kappa shape index (κ1) is 18.8. The van der Waals surface area contributed by atoms with Gasteiger partial charge in [0.05, 0.1) is 12.7 Å². The molecule has 27 heavy (non-hydrogen) atoms. The molecule has 0 aromatic heterocycles. The van der Waals surface area contributed by atoms with E-state index in [0.29, 0.717) is 25.2 Å². The van der Waals surface area contributed by atoms with E-state index >= 15 is 0 Å². The van der Waals surface area contributed by atoms with Gasteiger partial charge in [-0.05, 0) is 47.9 Å². The first-order valence-electron chi connectivity index (χ1n) is 8.21. The summed E-state index contributed by atoms with van der Waals surface area (Å²) in [5, 5.41) is 2.60. The van der Waals surface area contributed by atoms with Gasteiger partial charge < -0.3 is 15.0 Å². The summed E-state index contributed by atoms with van der Waals surface area (Å²) in [6.45, 7) is 0.880. The van der Waals surface area contributed by atoms with Crippen LogP contribution in [0.2, 0.25) is 0 Å². The Kier molecular flexibility index (Phi) is 5.07. The van der Waals surface area contributed by atoms with E-state index in [2.05, 4.69) is 5.32 Å². The molecular weight excluding hydrogens is 361 g/mol. The fourth-order valence-electron chi connectivity index (χ4n) is 2.96. The second-order valence-electron chi connectivity index (χ2n) is 6.16. The first-order chi connectivity index (χ1) is 12.8. The van der Waals surface area contributed by atoms with Crippen molar-refractivity contribution in [2.75, 3.05) is 19.0 Å². The second kappa shape index (κ2) is 7.30. The number of halogens is 3. The van der Waals surface area contributed by atoms with Crippen molar-refractivity contribution in [2.45, 2.75) is 19.1 Å². The van der Waals surface area contributed by atoms with Gasteiger partial charge in [0.25, 0.3) is 5.91 Å². The summed E-state index contributed by atoms with van der Waals surface area (Å²) in [5.74, 6) is -0.637. The molecule has 1 aliphatic rings. The molecule has 1 N–H and O–H groups in total. The number of anilines is 1. The molecule has 142 valence electrons. The van der Waals surface area contributed by atoms with Gasteiger partial charge in [0.1, 0.15) is 0 Å². The summed E-state index contributed by atoms with van der Waals surface area (Å²) >= 11 is 0. The summed E-state index contributed by atoms with van der Waals surface area (Å²) < 4.78 is 43.1. The van der Waals surface area contributed by atoms with E-state index in [1.54, 1.807) is 17.0 Å². The molecule has 8 heteroatoms. The van der Waals surface area contributed by atoms with Gasteiger partial charge in [0.2, 0.25) is 0 Å². The van der Waals surface area contributed by atoms with Gasteiger partial charge in [0.15, 0.2) is 0 Å². The predicted octanol–water partition coefficient (Wildman–Crippen LogP) is 4.08. The fourth-order valence-corrected chi connectivity index (χ4v) is 2.96. The quantitative estimate of drug-likeness (QED) is 0.857. The third kappa shape index (κ3) is 4.21. The van der Waals surface area contributed by atoms with Gasteiger partial charge in [-0.25, -0.2) is 4.79 Å². The van der Waals surface area contributed by atoms with Crippen molar-refractivity contribution in [2.24, 2.45) is 0 Å². The van der Waals surface area contributed by atoms with Gasteiger partial charge in [-0.15, -0.1) is 0 Å². The van der Waals surface area contributed by atoms with E-state index in [0.717, 1.165) is 23.3 Å². The normalized spacial score (nSPS) is 13.7. The third-order valence-electron chi connectivity index (χ3n) is 4.36. The zero-order valence-electron chi connectivity index (χ0n) is 14.5. The van der Waals surface area contributed by atoms with Crippen LogP contribution in [0, 0.1) is 0 Å². The lowest BCUT2D eigenvalue weighted by Gasteiger charge is -2.28. The van der Waals surface area contributed by atoms with Crippen molar-refractivity contribution in [1.29, 1.82) is 0 Å². The van der Waals surface area contributed by atoms with E-state index in [-0.39, 0.29) is 5.56 Å². The number of hydrogen-bond donors (Lipinski definition) is 1.